The first-order valence-electron chi connectivity index (χ1n) is 8.38. The van der Waals surface area contributed by atoms with E-state index in [1.165, 1.54) is 38.0 Å². The Hall–Kier alpha value is -0.910. The SMILES string of the molecule is CC(C)n1cc(C(CN)N2CCN(CC3CC3)CC2)cn1. The number of nitrogens with zero attached hydrogens (tertiary/aromatic N) is 4. The molecule has 1 atom stereocenters. The minimum Gasteiger partial charge on any atom is -0.329 e. The van der Waals surface area contributed by atoms with Crippen LogP contribution in [0.25, 0.3) is 0 Å². The quantitative estimate of drug-likeness (QED) is 0.863. The molecule has 2 fully saturated rings. The van der Waals surface area contributed by atoms with E-state index in [0.29, 0.717) is 18.6 Å². The van der Waals surface area contributed by atoms with Crippen LogP contribution in [0.1, 0.15) is 44.3 Å². The second kappa shape index (κ2) is 6.46. The van der Waals surface area contributed by atoms with Crippen LogP contribution >= 0.6 is 0 Å². The van der Waals surface area contributed by atoms with E-state index in [2.05, 4.69) is 34.9 Å². The van der Waals surface area contributed by atoms with Gasteiger partial charge in [-0.05, 0) is 32.6 Å². The standard InChI is InChI=1S/C16H29N5/c1-13(2)21-12-15(10-18-21)16(9-17)20-7-5-19(6-8-20)11-14-3-4-14/h10,12-14,16H,3-9,11,17H2,1-2H3. The van der Waals surface area contributed by atoms with E-state index in [0.717, 1.165) is 19.0 Å². The molecule has 1 unspecified atom stereocenters. The Morgan fingerprint density at radius 1 is 1.24 bits per heavy atom. The van der Waals surface area contributed by atoms with Gasteiger partial charge in [0.25, 0.3) is 0 Å². The van der Waals surface area contributed by atoms with Crippen molar-refractivity contribution in [2.75, 3.05) is 39.3 Å². The molecule has 1 saturated carbocycles. The van der Waals surface area contributed by atoms with E-state index >= 15 is 0 Å². The summed E-state index contributed by atoms with van der Waals surface area (Å²) in [6, 6.07) is 0.730. The van der Waals surface area contributed by atoms with E-state index in [1.54, 1.807) is 0 Å². The van der Waals surface area contributed by atoms with Crippen LogP contribution in [0.5, 0.6) is 0 Å². The Morgan fingerprint density at radius 3 is 2.48 bits per heavy atom. The molecular weight excluding hydrogens is 262 g/mol. The third-order valence-electron chi connectivity index (χ3n) is 4.82. The second-order valence-corrected chi connectivity index (χ2v) is 6.88. The van der Waals surface area contributed by atoms with Crippen molar-refractivity contribution in [1.29, 1.82) is 0 Å². The summed E-state index contributed by atoms with van der Waals surface area (Å²) < 4.78 is 2.03. The van der Waals surface area contributed by atoms with Crippen LogP contribution in [0.4, 0.5) is 0 Å². The molecule has 3 rings (SSSR count). The molecule has 1 aliphatic heterocycles. The smallest absolute Gasteiger partial charge is 0.0538 e. The lowest BCUT2D eigenvalue weighted by molar-refractivity contribution is 0.0955. The average Bonchev–Trinajstić information content (AvgIpc) is 3.15. The lowest BCUT2D eigenvalue weighted by atomic mass is 10.1. The van der Waals surface area contributed by atoms with E-state index in [4.69, 9.17) is 5.73 Å². The number of hydrogen-bond acceptors (Lipinski definition) is 4. The zero-order valence-corrected chi connectivity index (χ0v) is 13.4. The summed E-state index contributed by atoms with van der Waals surface area (Å²) in [5.41, 5.74) is 7.32. The summed E-state index contributed by atoms with van der Waals surface area (Å²) in [6.45, 7) is 10.9. The van der Waals surface area contributed by atoms with Crippen LogP contribution in [0.2, 0.25) is 0 Å². The molecule has 1 aromatic rings. The van der Waals surface area contributed by atoms with E-state index in [1.807, 2.05) is 10.9 Å². The molecule has 0 bridgehead atoms. The maximum atomic E-state index is 6.05. The summed E-state index contributed by atoms with van der Waals surface area (Å²) >= 11 is 0. The summed E-state index contributed by atoms with van der Waals surface area (Å²) in [5, 5.41) is 4.47. The average molecular weight is 291 g/mol. The monoisotopic (exact) mass is 291 g/mol. The number of nitrogens with two attached hydrogens (primary N) is 1. The largest absolute Gasteiger partial charge is 0.329 e. The van der Waals surface area contributed by atoms with Gasteiger partial charge in [-0.25, -0.2) is 0 Å². The van der Waals surface area contributed by atoms with E-state index in [-0.39, 0.29) is 0 Å². The molecule has 2 heterocycles. The van der Waals surface area contributed by atoms with Crippen molar-refractivity contribution in [3.8, 4) is 0 Å². The van der Waals surface area contributed by atoms with E-state index < -0.39 is 0 Å². The summed E-state index contributed by atoms with van der Waals surface area (Å²) in [6.07, 6.45) is 7.05. The van der Waals surface area contributed by atoms with Gasteiger partial charge in [0.15, 0.2) is 0 Å². The highest BCUT2D eigenvalue weighted by Crippen LogP contribution is 2.30. The Labute approximate surface area is 128 Å². The van der Waals surface area contributed by atoms with Crippen molar-refractivity contribution in [3.05, 3.63) is 18.0 Å². The van der Waals surface area contributed by atoms with E-state index in [9.17, 15) is 0 Å². The zero-order valence-electron chi connectivity index (χ0n) is 13.4. The van der Waals surface area contributed by atoms with Crippen LogP contribution in [-0.2, 0) is 0 Å². The molecule has 5 heteroatoms. The maximum absolute atomic E-state index is 6.05. The highest BCUT2D eigenvalue weighted by Gasteiger charge is 2.29. The molecule has 0 spiro atoms. The molecule has 1 aliphatic carbocycles. The number of rotatable bonds is 6. The van der Waals surface area contributed by atoms with Gasteiger partial charge in [-0.15, -0.1) is 0 Å². The molecule has 2 N–H and O–H groups in total. The highest BCUT2D eigenvalue weighted by molar-refractivity contribution is 5.12. The van der Waals surface area contributed by atoms with Crippen LogP contribution in [0.15, 0.2) is 12.4 Å². The van der Waals surface area contributed by atoms with Crippen molar-refractivity contribution >= 4 is 0 Å². The second-order valence-electron chi connectivity index (χ2n) is 6.88. The third-order valence-corrected chi connectivity index (χ3v) is 4.82. The van der Waals surface area contributed by atoms with Gasteiger partial charge >= 0.3 is 0 Å². The lowest BCUT2D eigenvalue weighted by Gasteiger charge is -2.38. The first-order chi connectivity index (χ1) is 10.2. The third kappa shape index (κ3) is 3.65. The van der Waals surface area contributed by atoms with Gasteiger partial charge in [0.1, 0.15) is 0 Å². The van der Waals surface area contributed by atoms with Crippen LogP contribution in [0, 0.1) is 5.92 Å². The molecule has 0 radical (unpaired) electrons. The lowest BCUT2D eigenvalue weighted by Crippen LogP contribution is -2.49. The van der Waals surface area contributed by atoms with Gasteiger partial charge in [-0.2, -0.15) is 5.10 Å². The van der Waals surface area contributed by atoms with Gasteiger partial charge in [0, 0.05) is 57.1 Å². The van der Waals surface area contributed by atoms with Crippen molar-refractivity contribution in [3.63, 3.8) is 0 Å². The fraction of sp³-hybridized carbons (Fsp3) is 0.812. The first-order valence-corrected chi connectivity index (χ1v) is 8.38. The number of piperazine rings is 1. The molecule has 5 nitrogen and oxygen atoms in total. The minimum atomic E-state index is 0.320. The normalized spacial score (nSPS) is 22.9. The summed E-state index contributed by atoms with van der Waals surface area (Å²) in [5.74, 6) is 0.992. The first kappa shape index (κ1) is 15.0. The molecule has 1 saturated heterocycles. The van der Waals surface area contributed by atoms with Crippen LogP contribution in [-0.4, -0.2) is 58.8 Å². The van der Waals surface area contributed by atoms with Gasteiger partial charge in [-0.1, -0.05) is 0 Å². The van der Waals surface area contributed by atoms with Crippen molar-refractivity contribution in [1.82, 2.24) is 19.6 Å². The minimum absolute atomic E-state index is 0.320. The zero-order chi connectivity index (χ0) is 14.8. The molecule has 21 heavy (non-hydrogen) atoms. The molecule has 0 amide bonds. The van der Waals surface area contributed by atoms with Crippen LogP contribution in [0.3, 0.4) is 0 Å². The van der Waals surface area contributed by atoms with Crippen LogP contribution < -0.4 is 5.73 Å². The maximum Gasteiger partial charge on any atom is 0.0538 e. The van der Waals surface area contributed by atoms with Crippen molar-refractivity contribution in [2.24, 2.45) is 11.7 Å². The molecule has 118 valence electrons. The van der Waals surface area contributed by atoms with Gasteiger partial charge in [0.2, 0.25) is 0 Å². The summed E-state index contributed by atoms with van der Waals surface area (Å²) in [4.78, 5) is 5.16. The number of aromatic nitrogens is 2. The Balaban J connectivity index is 1.58. The molecule has 0 aromatic carbocycles. The predicted molar refractivity (Wildman–Crippen MR) is 85.1 cm³/mol. The van der Waals surface area contributed by atoms with Gasteiger partial charge < -0.3 is 10.6 Å². The predicted octanol–water partition coefficient (Wildman–Crippen LogP) is 1.49. The number of hydrogen-bond donors (Lipinski definition) is 1. The molecule has 1 aromatic heterocycles. The highest BCUT2D eigenvalue weighted by atomic mass is 15.3. The fourth-order valence-corrected chi connectivity index (χ4v) is 3.23. The topological polar surface area (TPSA) is 50.3 Å². The van der Waals surface area contributed by atoms with Crippen molar-refractivity contribution in [2.45, 2.75) is 38.8 Å². The molecule has 2 aliphatic rings. The Morgan fingerprint density at radius 2 is 1.95 bits per heavy atom. The van der Waals surface area contributed by atoms with Gasteiger partial charge in [0.05, 0.1) is 12.2 Å². The Kier molecular flexibility index (Phi) is 4.62. The van der Waals surface area contributed by atoms with Gasteiger partial charge in [-0.3, -0.25) is 9.58 Å². The van der Waals surface area contributed by atoms with Crippen molar-refractivity contribution < 1.29 is 0 Å². The fourth-order valence-electron chi connectivity index (χ4n) is 3.23. The Bertz CT molecular complexity index is 443. The molecular formula is C16H29N5. The summed E-state index contributed by atoms with van der Waals surface area (Å²) in [7, 11) is 0.